The molecule has 0 saturated heterocycles. The third-order valence-electron chi connectivity index (χ3n) is 2.82. The van der Waals surface area contributed by atoms with Crippen LogP contribution in [0.25, 0.3) is 22.0 Å². The van der Waals surface area contributed by atoms with Gasteiger partial charge in [-0.2, -0.15) is 0 Å². The van der Waals surface area contributed by atoms with E-state index in [2.05, 4.69) is 9.97 Å². The molecule has 2 aromatic carbocycles. The first-order valence-electron chi connectivity index (χ1n) is 5.55. The van der Waals surface area contributed by atoms with Crippen LogP contribution in [0.4, 0.5) is 0 Å². The topological polar surface area (TPSA) is 65.7 Å². The molecule has 3 rings (SSSR count). The number of H-pyrrole nitrogens is 2. The minimum atomic E-state index is -0.495. The number of aromatic amines is 2. The third kappa shape index (κ3) is 1.84. The third-order valence-corrected chi connectivity index (χ3v) is 2.82. The fourth-order valence-electron chi connectivity index (χ4n) is 1.98. The molecule has 88 valence electrons. The van der Waals surface area contributed by atoms with Gasteiger partial charge in [0.2, 0.25) is 0 Å². The van der Waals surface area contributed by atoms with E-state index >= 15 is 0 Å². The molecule has 0 spiro atoms. The van der Waals surface area contributed by atoms with Gasteiger partial charge in [0.25, 0.3) is 5.56 Å². The molecule has 0 atom stereocenters. The molecule has 2 N–H and O–H groups in total. The Morgan fingerprint density at radius 2 is 1.56 bits per heavy atom. The second-order valence-electron chi connectivity index (χ2n) is 4.06. The highest BCUT2D eigenvalue weighted by atomic mass is 16.2. The van der Waals surface area contributed by atoms with Gasteiger partial charge in [-0.15, -0.1) is 0 Å². The fourth-order valence-corrected chi connectivity index (χ4v) is 1.98. The first kappa shape index (κ1) is 10.5. The van der Waals surface area contributed by atoms with E-state index in [-0.39, 0.29) is 0 Å². The minimum Gasteiger partial charge on any atom is -0.307 e. The molecule has 0 unspecified atom stereocenters. The predicted octanol–water partition coefficient (Wildman–Crippen LogP) is 1.88. The molecule has 0 fully saturated rings. The van der Waals surface area contributed by atoms with Crippen LogP contribution in [0.3, 0.4) is 0 Å². The Kier molecular flexibility index (Phi) is 2.34. The normalized spacial score (nSPS) is 10.7. The van der Waals surface area contributed by atoms with Crippen LogP contribution in [-0.2, 0) is 0 Å². The minimum absolute atomic E-state index is 0.401. The molecule has 18 heavy (non-hydrogen) atoms. The first-order valence-corrected chi connectivity index (χ1v) is 5.55. The van der Waals surface area contributed by atoms with Crippen molar-refractivity contribution in [2.75, 3.05) is 0 Å². The van der Waals surface area contributed by atoms with E-state index in [1.54, 1.807) is 0 Å². The number of hydrogen-bond donors (Lipinski definition) is 2. The quantitative estimate of drug-likeness (QED) is 0.679. The number of hydrogen-bond acceptors (Lipinski definition) is 2. The van der Waals surface area contributed by atoms with Crippen molar-refractivity contribution in [1.82, 2.24) is 9.97 Å². The summed E-state index contributed by atoms with van der Waals surface area (Å²) in [5.41, 5.74) is 0.443. The SMILES string of the molecule is O=c1cc(-c2ccc3ccccc3c2)[nH]c(=O)[nH]1. The van der Waals surface area contributed by atoms with Crippen molar-refractivity contribution < 1.29 is 0 Å². The zero-order valence-electron chi connectivity index (χ0n) is 9.44. The van der Waals surface area contributed by atoms with E-state index < -0.39 is 11.2 Å². The van der Waals surface area contributed by atoms with Crippen molar-refractivity contribution in [3.8, 4) is 11.3 Å². The number of aromatic nitrogens is 2. The highest BCUT2D eigenvalue weighted by Gasteiger charge is 2.01. The molecule has 1 heterocycles. The van der Waals surface area contributed by atoms with Gasteiger partial charge in [-0.25, -0.2) is 4.79 Å². The molecule has 0 bridgehead atoms. The van der Waals surface area contributed by atoms with Crippen LogP contribution in [-0.4, -0.2) is 9.97 Å². The lowest BCUT2D eigenvalue weighted by atomic mass is 10.1. The largest absolute Gasteiger partial charge is 0.326 e. The van der Waals surface area contributed by atoms with Crippen molar-refractivity contribution in [2.24, 2.45) is 0 Å². The maximum absolute atomic E-state index is 11.3. The average Bonchev–Trinajstić information content (AvgIpc) is 2.37. The molecular weight excluding hydrogens is 228 g/mol. The summed E-state index contributed by atoms with van der Waals surface area (Å²) in [7, 11) is 0. The highest BCUT2D eigenvalue weighted by molar-refractivity contribution is 5.86. The summed E-state index contributed by atoms with van der Waals surface area (Å²) in [6, 6.07) is 15.1. The summed E-state index contributed by atoms with van der Waals surface area (Å²) in [5.74, 6) is 0. The molecule has 1 aromatic heterocycles. The standard InChI is InChI=1S/C14H10N2O2/c17-13-8-12(15-14(18)16-13)11-6-5-9-3-1-2-4-10(9)7-11/h1-8H,(H2,15,16,17,18). The molecular formula is C14H10N2O2. The van der Waals surface area contributed by atoms with E-state index in [1.165, 1.54) is 6.07 Å². The summed E-state index contributed by atoms with van der Waals surface area (Å²) in [4.78, 5) is 27.3. The average molecular weight is 238 g/mol. The first-order chi connectivity index (χ1) is 8.72. The van der Waals surface area contributed by atoms with Crippen LogP contribution in [0.1, 0.15) is 0 Å². The second kappa shape index (κ2) is 4.00. The Labute approximate surface area is 102 Å². The monoisotopic (exact) mass is 238 g/mol. The van der Waals surface area contributed by atoms with Crippen LogP contribution < -0.4 is 11.2 Å². The van der Waals surface area contributed by atoms with Crippen LogP contribution >= 0.6 is 0 Å². The molecule has 3 aromatic rings. The van der Waals surface area contributed by atoms with E-state index in [9.17, 15) is 9.59 Å². The molecule has 0 radical (unpaired) electrons. The number of benzene rings is 2. The lowest BCUT2D eigenvalue weighted by Gasteiger charge is -2.03. The van der Waals surface area contributed by atoms with Crippen molar-refractivity contribution in [2.45, 2.75) is 0 Å². The fraction of sp³-hybridized carbons (Fsp3) is 0. The maximum Gasteiger partial charge on any atom is 0.326 e. The van der Waals surface area contributed by atoms with E-state index in [0.717, 1.165) is 16.3 Å². The summed E-state index contributed by atoms with van der Waals surface area (Å²) in [5, 5.41) is 2.18. The van der Waals surface area contributed by atoms with Gasteiger partial charge in [0.1, 0.15) is 0 Å². The lowest BCUT2D eigenvalue weighted by Crippen LogP contribution is -2.21. The molecule has 4 heteroatoms. The van der Waals surface area contributed by atoms with Crippen molar-refractivity contribution in [3.63, 3.8) is 0 Å². The van der Waals surface area contributed by atoms with Gasteiger partial charge < -0.3 is 4.98 Å². The number of fused-ring (bicyclic) bond motifs is 1. The van der Waals surface area contributed by atoms with Crippen molar-refractivity contribution >= 4 is 10.8 Å². The van der Waals surface area contributed by atoms with Crippen LogP contribution in [0, 0.1) is 0 Å². The Hall–Kier alpha value is -2.62. The molecule has 4 nitrogen and oxygen atoms in total. The Balaban J connectivity index is 2.25. The zero-order chi connectivity index (χ0) is 12.5. The molecule has 0 aliphatic rings. The van der Waals surface area contributed by atoms with Crippen molar-refractivity contribution in [3.05, 3.63) is 69.4 Å². The number of rotatable bonds is 1. The van der Waals surface area contributed by atoms with Crippen LogP contribution in [0.5, 0.6) is 0 Å². The van der Waals surface area contributed by atoms with Gasteiger partial charge in [-0.1, -0.05) is 36.4 Å². The Bertz CT molecular complexity index is 802. The Morgan fingerprint density at radius 1 is 0.778 bits per heavy atom. The smallest absolute Gasteiger partial charge is 0.307 e. The van der Waals surface area contributed by atoms with E-state index in [1.807, 2.05) is 42.5 Å². The lowest BCUT2D eigenvalue weighted by molar-refractivity contribution is 1.04. The second-order valence-corrected chi connectivity index (χ2v) is 4.06. The maximum atomic E-state index is 11.3. The van der Waals surface area contributed by atoms with Gasteiger partial charge in [0.05, 0.1) is 5.69 Å². The van der Waals surface area contributed by atoms with Gasteiger partial charge in [-0.3, -0.25) is 9.78 Å². The van der Waals surface area contributed by atoms with Gasteiger partial charge >= 0.3 is 5.69 Å². The zero-order valence-corrected chi connectivity index (χ0v) is 9.44. The van der Waals surface area contributed by atoms with Gasteiger partial charge in [-0.05, 0) is 22.4 Å². The molecule has 0 aliphatic heterocycles. The predicted molar refractivity (Wildman–Crippen MR) is 70.6 cm³/mol. The molecule has 0 aliphatic carbocycles. The molecule has 0 saturated carbocycles. The summed E-state index contributed by atoms with van der Waals surface area (Å²) < 4.78 is 0. The Morgan fingerprint density at radius 3 is 2.33 bits per heavy atom. The van der Waals surface area contributed by atoms with Gasteiger partial charge in [0.15, 0.2) is 0 Å². The molecule has 0 amide bonds. The van der Waals surface area contributed by atoms with Crippen molar-refractivity contribution in [1.29, 1.82) is 0 Å². The summed E-state index contributed by atoms with van der Waals surface area (Å²) in [6.45, 7) is 0. The summed E-state index contributed by atoms with van der Waals surface area (Å²) >= 11 is 0. The summed E-state index contributed by atoms with van der Waals surface area (Å²) in [6.07, 6.45) is 0. The number of nitrogens with one attached hydrogen (secondary N) is 2. The van der Waals surface area contributed by atoms with E-state index in [0.29, 0.717) is 5.69 Å². The van der Waals surface area contributed by atoms with Crippen LogP contribution in [0.2, 0.25) is 0 Å². The highest BCUT2D eigenvalue weighted by Crippen LogP contribution is 2.21. The van der Waals surface area contributed by atoms with Crippen LogP contribution in [0.15, 0.2) is 58.1 Å². The van der Waals surface area contributed by atoms with Gasteiger partial charge in [0, 0.05) is 6.07 Å². The van der Waals surface area contributed by atoms with E-state index in [4.69, 9.17) is 0 Å².